The number of aryl methyl sites for hydroxylation is 1. The molecule has 2 aromatic rings. The van der Waals surface area contributed by atoms with Crippen LogP contribution in [0.15, 0.2) is 24.3 Å². The van der Waals surface area contributed by atoms with Crippen LogP contribution in [0.3, 0.4) is 0 Å². The third-order valence-electron chi connectivity index (χ3n) is 2.70. The Balaban J connectivity index is 2.35. The van der Waals surface area contributed by atoms with Crippen LogP contribution in [0.5, 0.6) is 0 Å². The highest BCUT2D eigenvalue weighted by Gasteiger charge is 2.16. The van der Waals surface area contributed by atoms with E-state index in [2.05, 4.69) is 5.32 Å². The second kappa shape index (κ2) is 4.85. The number of benzene rings is 1. The van der Waals surface area contributed by atoms with Crippen LogP contribution in [0.25, 0.3) is 10.1 Å². The van der Waals surface area contributed by atoms with E-state index in [0.717, 1.165) is 20.5 Å². The maximum absolute atomic E-state index is 12.0. The third kappa shape index (κ3) is 2.33. The van der Waals surface area contributed by atoms with E-state index in [0.29, 0.717) is 0 Å². The molecule has 0 spiro atoms. The highest BCUT2D eigenvalue weighted by atomic mass is 32.1. The molecule has 90 valence electrons. The van der Waals surface area contributed by atoms with E-state index in [1.165, 1.54) is 11.3 Å². The molecule has 1 aromatic carbocycles. The first-order chi connectivity index (χ1) is 8.13. The molecule has 1 aromatic heterocycles. The zero-order valence-corrected chi connectivity index (χ0v) is 10.7. The lowest BCUT2D eigenvalue weighted by Gasteiger charge is -2.09. The molecule has 0 aliphatic rings. The predicted molar refractivity (Wildman–Crippen MR) is 70.6 cm³/mol. The zero-order valence-electron chi connectivity index (χ0n) is 9.86. The van der Waals surface area contributed by atoms with E-state index in [1.54, 1.807) is 6.92 Å². The van der Waals surface area contributed by atoms with Gasteiger partial charge in [-0.2, -0.15) is 0 Å². The molecule has 0 saturated carbocycles. The van der Waals surface area contributed by atoms with Gasteiger partial charge in [0, 0.05) is 10.7 Å². The van der Waals surface area contributed by atoms with Crippen molar-refractivity contribution in [1.82, 2.24) is 5.32 Å². The van der Waals surface area contributed by atoms with Crippen LogP contribution < -0.4 is 5.32 Å². The van der Waals surface area contributed by atoms with Gasteiger partial charge in [-0.05, 0) is 30.9 Å². The fourth-order valence-electron chi connectivity index (χ4n) is 1.73. The standard InChI is InChI=1S/C13H15NO2S/c1-8(7-15)14-13(16)12-9(2)10-5-3-4-6-11(10)17-12/h3-6,8,15H,7H2,1-2H3,(H,14,16)/t8-/m1/s1. The summed E-state index contributed by atoms with van der Waals surface area (Å²) in [5.41, 5.74) is 1.01. The number of fused-ring (bicyclic) bond motifs is 1. The Morgan fingerprint density at radius 2 is 2.18 bits per heavy atom. The normalized spacial score (nSPS) is 12.6. The maximum Gasteiger partial charge on any atom is 0.261 e. The van der Waals surface area contributed by atoms with Gasteiger partial charge < -0.3 is 10.4 Å². The van der Waals surface area contributed by atoms with Crippen LogP contribution in [0, 0.1) is 6.92 Å². The molecule has 0 aliphatic heterocycles. The number of aliphatic hydroxyl groups is 1. The van der Waals surface area contributed by atoms with Crippen LogP contribution in [-0.4, -0.2) is 23.7 Å². The van der Waals surface area contributed by atoms with E-state index >= 15 is 0 Å². The summed E-state index contributed by atoms with van der Waals surface area (Å²) < 4.78 is 1.12. The number of nitrogens with one attached hydrogen (secondary N) is 1. The lowest BCUT2D eigenvalue weighted by molar-refractivity contribution is 0.0926. The molecule has 17 heavy (non-hydrogen) atoms. The first-order valence-corrected chi connectivity index (χ1v) is 6.35. The molecule has 0 unspecified atom stereocenters. The van der Waals surface area contributed by atoms with Crippen LogP contribution in [0.4, 0.5) is 0 Å². The lowest BCUT2D eigenvalue weighted by Crippen LogP contribution is -2.34. The summed E-state index contributed by atoms with van der Waals surface area (Å²) >= 11 is 1.49. The Hall–Kier alpha value is -1.39. The van der Waals surface area contributed by atoms with Crippen molar-refractivity contribution in [2.24, 2.45) is 0 Å². The van der Waals surface area contributed by atoms with E-state index in [-0.39, 0.29) is 18.6 Å². The summed E-state index contributed by atoms with van der Waals surface area (Å²) in [5.74, 6) is -0.106. The molecular weight excluding hydrogens is 234 g/mol. The highest BCUT2D eigenvalue weighted by Crippen LogP contribution is 2.30. The monoisotopic (exact) mass is 249 g/mol. The summed E-state index contributed by atoms with van der Waals surface area (Å²) in [5, 5.41) is 12.8. The first kappa shape index (κ1) is 12.1. The Kier molecular flexibility index (Phi) is 3.45. The third-order valence-corrected chi connectivity index (χ3v) is 3.97. The molecule has 2 rings (SSSR count). The van der Waals surface area contributed by atoms with E-state index in [4.69, 9.17) is 5.11 Å². The second-order valence-corrected chi connectivity index (χ2v) is 5.16. The van der Waals surface area contributed by atoms with Crippen LogP contribution in [-0.2, 0) is 0 Å². The van der Waals surface area contributed by atoms with Crippen molar-refractivity contribution in [3.63, 3.8) is 0 Å². The molecule has 0 bridgehead atoms. The first-order valence-electron chi connectivity index (χ1n) is 5.53. The molecule has 1 heterocycles. The number of rotatable bonds is 3. The van der Waals surface area contributed by atoms with Gasteiger partial charge in [0.1, 0.15) is 0 Å². The molecule has 0 aliphatic carbocycles. The van der Waals surface area contributed by atoms with E-state index < -0.39 is 0 Å². The Labute approximate surface area is 104 Å². The molecule has 0 radical (unpaired) electrons. The van der Waals surface area contributed by atoms with Gasteiger partial charge in [0.25, 0.3) is 5.91 Å². The number of carbonyl (C=O) groups is 1. The lowest BCUT2D eigenvalue weighted by atomic mass is 10.1. The van der Waals surface area contributed by atoms with Crippen molar-refractivity contribution in [3.05, 3.63) is 34.7 Å². The Morgan fingerprint density at radius 3 is 2.82 bits per heavy atom. The second-order valence-electron chi connectivity index (χ2n) is 4.11. The predicted octanol–water partition coefficient (Wildman–Crippen LogP) is 2.32. The van der Waals surface area contributed by atoms with Gasteiger partial charge in [-0.15, -0.1) is 11.3 Å². The van der Waals surface area contributed by atoms with Crippen molar-refractivity contribution in [3.8, 4) is 0 Å². The van der Waals surface area contributed by atoms with Crippen LogP contribution in [0.2, 0.25) is 0 Å². The van der Waals surface area contributed by atoms with E-state index in [9.17, 15) is 4.79 Å². The quantitative estimate of drug-likeness (QED) is 0.877. The van der Waals surface area contributed by atoms with E-state index in [1.807, 2.05) is 31.2 Å². The van der Waals surface area contributed by atoms with Crippen molar-refractivity contribution in [1.29, 1.82) is 0 Å². The molecule has 1 atom stereocenters. The number of amides is 1. The molecule has 0 fully saturated rings. The van der Waals surface area contributed by atoms with Gasteiger partial charge >= 0.3 is 0 Å². The molecule has 4 heteroatoms. The zero-order chi connectivity index (χ0) is 12.4. The van der Waals surface area contributed by atoms with Crippen molar-refractivity contribution in [2.45, 2.75) is 19.9 Å². The van der Waals surface area contributed by atoms with Crippen molar-refractivity contribution >= 4 is 27.3 Å². The fourth-order valence-corrected chi connectivity index (χ4v) is 2.84. The summed E-state index contributed by atoms with van der Waals surface area (Å²) in [6.45, 7) is 3.69. The summed E-state index contributed by atoms with van der Waals surface area (Å²) in [4.78, 5) is 12.7. The summed E-state index contributed by atoms with van der Waals surface area (Å²) in [7, 11) is 0. The summed E-state index contributed by atoms with van der Waals surface area (Å²) in [6.07, 6.45) is 0. The number of thiophene rings is 1. The highest BCUT2D eigenvalue weighted by molar-refractivity contribution is 7.21. The SMILES string of the molecule is Cc1c(C(=O)N[C@H](C)CO)sc2ccccc12. The van der Waals surface area contributed by atoms with Gasteiger partial charge in [0.05, 0.1) is 11.5 Å². The molecular formula is C13H15NO2S. The minimum atomic E-state index is -0.216. The minimum Gasteiger partial charge on any atom is -0.394 e. The van der Waals surface area contributed by atoms with Crippen molar-refractivity contribution in [2.75, 3.05) is 6.61 Å². The van der Waals surface area contributed by atoms with Gasteiger partial charge in [0.2, 0.25) is 0 Å². The molecule has 0 saturated heterocycles. The Morgan fingerprint density at radius 1 is 1.47 bits per heavy atom. The fraction of sp³-hybridized carbons (Fsp3) is 0.308. The average Bonchev–Trinajstić information content (AvgIpc) is 2.67. The number of aliphatic hydroxyl groups excluding tert-OH is 1. The number of hydrogen-bond donors (Lipinski definition) is 2. The summed E-state index contributed by atoms with van der Waals surface area (Å²) in [6, 6.07) is 7.76. The maximum atomic E-state index is 12.0. The van der Waals surface area contributed by atoms with Crippen LogP contribution in [0.1, 0.15) is 22.2 Å². The van der Waals surface area contributed by atoms with Crippen LogP contribution >= 0.6 is 11.3 Å². The molecule has 3 nitrogen and oxygen atoms in total. The Bertz CT molecular complexity index is 547. The smallest absolute Gasteiger partial charge is 0.261 e. The van der Waals surface area contributed by atoms with Gasteiger partial charge in [0.15, 0.2) is 0 Å². The number of carbonyl (C=O) groups excluding carboxylic acids is 1. The van der Waals surface area contributed by atoms with Gasteiger partial charge in [-0.25, -0.2) is 0 Å². The van der Waals surface area contributed by atoms with Gasteiger partial charge in [-0.3, -0.25) is 4.79 Å². The molecule has 1 amide bonds. The van der Waals surface area contributed by atoms with Gasteiger partial charge in [-0.1, -0.05) is 18.2 Å². The minimum absolute atomic E-state index is 0.0459. The average molecular weight is 249 g/mol. The topological polar surface area (TPSA) is 49.3 Å². The van der Waals surface area contributed by atoms with Crippen molar-refractivity contribution < 1.29 is 9.90 Å². The largest absolute Gasteiger partial charge is 0.394 e. The molecule has 2 N–H and O–H groups in total. The number of hydrogen-bond acceptors (Lipinski definition) is 3.